The molecule has 1 aromatic heterocycles. The topological polar surface area (TPSA) is 25.2 Å². The van der Waals surface area contributed by atoms with Crippen LogP contribution in [0.25, 0.3) is 0 Å². The first-order chi connectivity index (χ1) is 7.61. The number of aromatic nitrogens is 1. The summed E-state index contributed by atoms with van der Waals surface area (Å²) in [6.45, 7) is 9.17. The van der Waals surface area contributed by atoms with Gasteiger partial charge in [0.15, 0.2) is 0 Å². The van der Waals surface area contributed by atoms with Crippen LogP contribution in [0.5, 0.6) is 0 Å². The van der Waals surface area contributed by atoms with Gasteiger partial charge in [0.1, 0.15) is 0 Å². The van der Waals surface area contributed by atoms with Crippen LogP contribution in [0.4, 0.5) is 0 Å². The van der Waals surface area contributed by atoms with Crippen LogP contribution in [0.15, 0.2) is 34.5 Å². The average Bonchev–Trinajstić information content (AvgIpc) is 2.26. The van der Waals surface area contributed by atoms with Gasteiger partial charge in [-0.1, -0.05) is 11.6 Å². The van der Waals surface area contributed by atoms with E-state index in [1.54, 1.807) is 0 Å². The Kier molecular flexibility index (Phi) is 4.90. The summed E-state index contributed by atoms with van der Waals surface area (Å²) in [6, 6.07) is 4.10. The Labute approximate surface area is 98.1 Å². The molecule has 1 heterocycles. The Balaban J connectivity index is 2.48. The van der Waals surface area contributed by atoms with Gasteiger partial charge >= 0.3 is 0 Å². The maximum Gasteiger partial charge on any atom is 0.0430 e. The molecule has 0 bridgehead atoms. The van der Waals surface area contributed by atoms with Gasteiger partial charge in [-0.3, -0.25) is 9.98 Å². The highest BCUT2D eigenvalue weighted by Gasteiger charge is 1.96. The molecule has 1 aromatic rings. The predicted octanol–water partition coefficient (Wildman–Crippen LogP) is 3.36. The van der Waals surface area contributed by atoms with Crippen LogP contribution >= 0.6 is 0 Å². The predicted molar refractivity (Wildman–Crippen MR) is 70.1 cm³/mol. The summed E-state index contributed by atoms with van der Waals surface area (Å²) in [5.41, 5.74) is 4.97. The van der Waals surface area contributed by atoms with Crippen molar-refractivity contribution in [3.8, 4) is 0 Å². The zero-order valence-corrected chi connectivity index (χ0v) is 10.6. The largest absolute Gasteiger partial charge is 0.293 e. The second-order valence-corrected chi connectivity index (χ2v) is 4.22. The zero-order valence-electron chi connectivity index (χ0n) is 10.6. The number of nitrogens with zero attached hydrogens (tertiary/aromatic N) is 2. The van der Waals surface area contributed by atoms with Crippen molar-refractivity contribution in [2.24, 2.45) is 4.99 Å². The minimum atomic E-state index is 0.831. The van der Waals surface area contributed by atoms with E-state index >= 15 is 0 Å². The van der Waals surface area contributed by atoms with E-state index in [0.717, 1.165) is 18.7 Å². The molecule has 0 saturated heterocycles. The number of pyridine rings is 1. The SMILES string of the molecule is CC(C)=C(C)C=NCCc1cccnc1C. The van der Waals surface area contributed by atoms with Gasteiger partial charge in [-0.25, -0.2) is 0 Å². The molecule has 0 N–H and O–H groups in total. The van der Waals surface area contributed by atoms with E-state index < -0.39 is 0 Å². The van der Waals surface area contributed by atoms with E-state index in [2.05, 4.69) is 36.8 Å². The highest BCUT2D eigenvalue weighted by atomic mass is 14.7. The molecule has 0 amide bonds. The fourth-order valence-electron chi connectivity index (χ4n) is 1.30. The van der Waals surface area contributed by atoms with Crippen molar-refractivity contribution in [3.05, 3.63) is 40.7 Å². The van der Waals surface area contributed by atoms with Gasteiger partial charge in [0.25, 0.3) is 0 Å². The van der Waals surface area contributed by atoms with Crippen molar-refractivity contribution < 1.29 is 0 Å². The van der Waals surface area contributed by atoms with Crippen molar-refractivity contribution in [1.29, 1.82) is 0 Å². The number of aliphatic imine (C=N–C) groups is 1. The van der Waals surface area contributed by atoms with Gasteiger partial charge in [-0.05, 0) is 51.3 Å². The molecule has 16 heavy (non-hydrogen) atoms. The monoisotopic (exact) mass is 216 g/mol. The van der Waals surface area contributed by atoms with Gasteiger partial charge < -0.3 is 0 Å². The third-order valence-electron chi connectivity index (χ3n) is 2.70. The summed E-state index contributed by atoms with van der Waals surface area (Å²) in [5, 5.41) is 0. The molecule has 0 spiro atoms. The summed E-state index contributed by atoms with van der Waals surface area (Å²) in [4.78, 5) is 8.68. The molecule has 0 aromatic carbocycles. The lowest BCUT2D eigenvalue weighted by atomic mass is 10.1. The summed E-state index contributed by atoms with van der Waals surface area (Å²) >= 11 is 0. The molecule has 0 aliphatic heterocycles. The van der Waals surface area contributed by atoms with Crippen LogP contribution in [-0.2, 0) is 6.42 Å². The molecule has 2 heteroatoms. The molecule has 0 saturated carbocycles. The summed E-state index contributed by atoms with van der Waals surface area (Å²) in [6.07, 6.45) is 4.75. The molecular weight excluding hydrogens is 196 g/mol. The number of allylic oxidation sites excluding steroid dienone is 2. The molecular formula is C14H20N2. The van der Waals surface area contributed by atoms with Crippen LogP contribution in [0.1, 0.15) is 32.0 Å². The van der Waals surface area contributed by atoms with Crippen molar-refractivity contribution in [2.45, 2.75) is 34.1 Å². The first-order valence-electron chi connectivity index (χ1n) is 5.65. The minimum Gasteiger partial charge on any atom is -0.293 e. The molecule has 0 aliphatic carbocycles. The van der Waals surface area contributed by atoms with Gasteiger partial charge in [-0.15, -0.1) is 0 Å². The second kappa shape index (κ2) is 6.21. The van der Waals surface area contributed by atoms with Gasteiger partial charge in [0.05, 0.1) is 0 Å². The number of aryl methyl sites for hydroxylation is 1. The standard InChI is InChI=1S/C14H20N2/c1-11(2)12(3)10-15-9-7-14-6-5-8-16-13(14)4/h5-6,8,10H,7,9H2,1-4H3. The Bertz CT molecular complexity index is 399. The van der Waals surface area contributed by atoms with Crippen LogP contribution in [0, 0.1) is 6.92 Å². The first-order valence-corrected chi connectivity index (χ1v) is 5.65. The highest BCUT2D eigenvalue weighted by molar-refractivity contribution is 5.78. The lowest BCUT2D eigenvalue weighted by Crippen LogP contribution is -1.95. The van der Waals surface area contributed by atoms with Crippen LogP contribution in [0.3, 0.4) is 0 Å². The van der Waals surface area contributed by atoms with Crippen molar-refractivity contribution in [1.82, 2.24) is 4.98 Å². The molecule has 0 aliphatic rings. The highest BCUT2D eigenvalue weighted by Crippen LogP contribution is 2.04. The third kappa shape index (κ3) is 3.97. The second-order valence-electron chi connectivity index (χ2n) is 4.22. The quantitative estimate of drug-likeness (QED) is 0.708. The normalized spacial score (nSPS) is 10.8. The molecule has 86 valence electrons. The Morgan fingerprint density at radius 3 is 2.75 bits per heavy atom. The van der Waals surface area contributed by atoms with Crippen molar-refractivity contribution in [2.75, 3.05) is 6.54 Å². The molecule has 0 unspecified atom stereocenters. The Hall–Kier alpha value is -1.44. The lowest BCUT2D eigenvalue weighted by Gasteiger charge is -2.01. The molecule has 1 rings (SSSR count). The van der Waals surface area contributed by atoms with Gasteiger partial charge in [0.2, 0.25) is 0 Å². The third-order valence-corrected chi connectivity index (χ3v) is 2.70. The first kappa shape index (κ1) is 12.6. The fraction of sp³-hybridized carbons (Fsp3) is 0.429. The van der Waals surface area contributed by atoms with E-state index in [-0.39, 0.29) is 0 Å². The van der Waals surface area contributed by atoms with Crippen LogP contribution in [0.2, 0.25) is 0 Å². The Morgan fingerprint density at radius 2 is 2.12 bits per heavy atom. The molecule has 0 atom stereocenters. The summed E-state index contributed by atoms with van der Waals surface area (Å²) in [7, 11) is 0. The summed E-state index contributed by atoms with van der Waals surface area (Å²) in [5.74, 6) is 0. The van der Waals surface area contributed by atoms with Crippen molar-refractivity contribution >= 4 is 6.21 Å². The molecule has 0 radical (unpaired) electrons. The number of hydrogen-bond acceptors (Lipinski definition) is 2. The van der Waals surface area contributed by atoms with E-state index in [1.165, 1.54) is 16.7 Å². The van der Waals surface area contributed by atoms with Crippen molar-refractivity contribution in [3.63, 3.8) is 0 Å². The van der Waals surface area contributed by atoms with E-state index in [0.29, 0.717) is 0 Å². The van der Waals surface area contributed by atoms with Gasteiger partial charge in [-0.2, -0.15) is 0 Å². The maximum atomic E-state index is 4.42. The van der Waals surface area contributed by atoms with Gasteiger partial charge in [0, 0.05) is 24.7 Å². The molecule has 2 nitrogen and oxygen atoms in total. The Morgan fingerprint density at radius 1 is 1.38 bits per heavy atom. The van der Waals surface area contributed by atoms with Crippen LogP contribution in [-0.4, -0.2) is 17.7 Å². The minimum absolute atomic E-state index is 0.831. The number of hydrogen-bond donors (Lipinski definition) is 0. The van der Waals surface area contributed by atoms with E-state index in [4.69, 9.17) is 0 Å². The smallest absolute Gasteiger partial charge is 0.0430 e. The fourth-order valence-corrected chi connectivity index (χ4v) is 1.30. The zero-order chi connectivity index (χ0) is 12.0. The lowest BCUT2D eigenvalue weighted by molar-refractivity contribution is 0.942. The van der Waals surface area contributed by atoms with E-state index in [9.17, 15) is 0 Å². The maximum absolute atomic E-state index is 4.42. The van der Waals surface area contributed by atoms with E-state index in [1.807, 2.05) is 25.4 Å². The van der Waals surface area contributed by atoms with Crippen LogP contribution < -0.4 is 0 Å². The summed E-state index contributed by atoms with van der Waals surface area (Å²) < 4.78 is 0. The average molecular weight is 216 g/mol. The number of rotatable bonds is 4. The molecule has 0 fully saturated rings.